The molecule has 7 nitrogen and oxygen atoms in total. The van der Waals surface area contributed by atoms with Crippen LogP contribution in [0.1, 0.15) is 12.5 Å². The Labute approximate surface area is 150 Å². The molecular formula is C16H13N5O2S2. The molecule has 126 valence electrons. The molecule has 0 fully saturated rings. The van der Waals surface area contributed by atoms with Gasteiger partial charge in [-0.05, 0) is 29.3 Å². The molecule has 2 amide bonds. The van der Waals surface area contributed by atoms with Gasteiger partial charge in [-0.25, -0.2) is 9.97 Å². The fourth-order valence-electron chi connectivity index (χ4n) is 2.55. The van der Waals surface area contributed by atoms with Crippen molar-refractivity contribution in [1.29, 1.82) is 0 Å². The molecule has 4 heterocycles. The first kappa shape index (κ1) is 15.9. The molecule has 0 radical (unpaired) electrons. The molecule has 0 spiro atoms. The summed E-state index contributed by atoms with van der Waals surface area (Å²) in [5.74, 6) is 0.134. The highest BCUT2D eigenvalue weighted by molar-refractivity contribution is 7.17. The molecule has 0 atom stereocenters. The number of hydrazine groups is 1. The molecule has 3 aromatic rings. The maximum Gasteiger partial charge on any atom is 0.275 e. The van der Waals surface area contributed by atoms with Crippen molar-refractivity contribution in [3.05, 3.63) is 40.1 Å². The third kappa shape index (κ3) is 2.62. The van der Waals surface area contributed by atoms with Crippen molar-refractivity contribution in [1.82, 2.24) is 15.0 Å². The third-order valence-corrected chi connectivity index (χ3v) is 5.58. The quantitative estimate of drug-likeness (QED) is 0.684. The van der Waals surface area contributed by atoms with E-state index in [-0.39, 0.29) is 5.91 Å². The number of nitrogens with two attached hydrogens (primary N) is 1. The normalized spacial score (nSPS) is 14.5. The van der Waals surface area contributed by atoms with E-state index in [9.17, 15) is 9.59 Å². The average molecular weight is 371 g/mol. The summed E-state index contributed by atoms with van der Waals surface area (Å²) in [4.78, 5) is 35.0. The number of rotatable bonds is 4. The summed E-state index contributed by atoms with van der Waals surface area (Å²) in [6.07, 6.45) is 1.30. The van der Waals surface area contributed by atoms with E-state index in [1.807, 2.05) is 22.9 Å². The van der Waals surface area contributed by atoms with Gasteiger partial charge in [0.15, 0.2) is 11.6 Å². The molecule has 0 unspecified atom stereocenters. The van der Waals surface area contributed by atoms with E-state index in [0.29, 0.717) is 23.8 Å². The molecular weight excluding hydrogens is 358 g/mol. The number of amides is 2. The van der Waals surface area contributed by atoms with Crippen LogP contribution in [0.25, 0.3) is 20.9 Å². The number of fused-ring (bicyclic) bond motifs is 1. The Bertz CT molecular complexity index is 1020. The van der Waals surface area contributed by atoms with E-state index in [1.54, 1.807) is 6.92 Å². The zero-order valence-electron chi connectivity index (χ0n) is 13.1. The van der Waals surface area contributed by atoms with Crippen LogP contribution in [0, 0.1) is 0 Å². The number of aromatic nitrogens is 2. The fraction of sp³-hybridized carbons (Fsp3) is 0.125. The van der Waals surface area contributed by atoms with Gasteiger partial charge in [0.05, 0.1) is 10.3 Å². The predicted molar refractivity (Wildman–Crippen MR) is 97.9 cm³/mol. The number of nitrogens with zero attached hydrogens (tertiary/aromatic N) is 3. The van der Waals surface area contributed by atoms with Crippen LogP contribution in [0.5, 0.6) is 0 Å². The topological polar surface area (TPSA) is 101 Å². The molecule has 0 aromatic carbocycles. The standard InChI is InChI=1S/C16H13N5O2S2/c1-8-5-11(22)21(16(8)23)20-14-12-9(6-17)7-25-15(12)19-13(18-14)10-3-2-4-24-10/h2-5,7H,6,17H2,1H3,(H,18,19,20). The lowest BCUT2D eigenvalue weighted by molar-refractivity contribution is -0.135. The van der Waals surface area contributed by atoms with Crippen LogP contribution in [-0.2, 0) is 16.1 Å². The van der Waals surface area contributed by atoms with Gasteiger partial charge < -0.3 is 5.73 Å². The second-order valence-corrected chi connectivity index (χ2v) is 7.24. The molecule has 3 aromatic heterocycles. The van der Waals surface area contributed by atoms with Gasteiger partial charge in [-0.1, -0.05) is 6.07 Å². The Kier molecular flexibility index (Phi) is 3.83. The summed E-state index contributed by atoms with van der Waals surface area (Å²) in [7, 11) is 0. The third-order valence-electron chi connectivity index (χ3n) is 3.79. The van der Waals surface area contributed by atoms with Crippen LogP contribution in [-0.4, -0.2) is 26.8 Å². The second kappa shape index (κ2) is 6.03. The molecule has 0 saturated carbocycles. The maximum atomic E-state index is 12.2. The highest BCUT2D eigenvalue weighted by Crippen LogP contribution is 2.33. The van der Waals surface area contributed by atoms with Crippen molar-refractivity contribution in [2.45, 2.75) is 13.5 Å². The SMILES string of the molecule is CC1=CC(=O)N(Nc2nc(-c3cccs3)nc3scc(CN)c23)C1=O. The Morgan fingerprint density at radius 3 is 2.76 bits per heavy atom. The first-order valence-electron chi connectivity index (χ1n) is 7.44. The lowest BCUT2D eigenvalue weighted by Gasteiger charge is -2.17. The van der Waals surface area contributed by atoms with E-state index in [1.165, 1.54) is 28.7 Å². The summed E-state index contributed by atoms with van der Waals surface area (Å²) >= 11 is 2.98. The van der Waals surface area contributed by atoms with Crippen LogP contribution in [0.15, 0.2) is 34.5 Å². The number of imide groups is 1. The van der Waals surface area contributed by atoms with Crippen molar-refractivity contribution in [3.63, 3.8) is 0 Å². The van der Waals surface area contributed by atoms with Crippen LogP contribution in [0.3, 0.4) is 0 Å². The number of hydrogen-bond acceptors (Lipinski definition) is 8. The van der Waals surface area contributed by atoms with E-state index < -0.39 is 5.91 Å². The summed E-state index contributed by atoms with van der Waals surface area (Å²) in [6.45, 7) is 1.92. The number of thiophene rings is 2. The number of anilines is 1. The van der Waals surface area contributed by atoms with E-state index in [0.717, 1.165) is 25.7 Å². The zero-order chi connectivity index (χ0) is 17.6. The number of carbonyl (C=O) groups is 2. The van der Waals surface area contributed by atoms with Crippen molar-refractivity contribution >= 4 is 50.5 Å². The lowest BCUT2D eigenvalue weighted by atomic mass is 10.2. The van der Waals surface area contributed by atoms with Crippen LogP contribution in [0.2, 0.25) is 0 Å². The zero-order valence-corrected chi connectivity index (χ0v) is 14.8. The Balaban J connectivity index is 1.84. The Morgan fingerprint density at radius 2 is 2.12 bits per heavy atom. The first-order chi connectivity index (χ1) is 12.1. The summed E-state index contributed by atoms with van der Waals surface area (Å²) in [5.41, 5.74) is 9.92. The van der Waals surface area contributed by atoms with Gasteiger partial charge >= 0.3 is 0 Å². The monoisotopic (exact) mass is 371 g/mol. The molecule has 1 aliphatic rings. The van der Waals surface area contributed by atoms with E-state index >= 15 is 0 Å². The average Bonchev–Trinajstić information content (AvgIpc) is 3.31. The van der Waals surface area contributed by atoms with Crippen molar-refractivity contribution in [2.75, 3.05) is 5.43 Å². The van der Waals surface area contributed by atoms with Gasteiger partial charge in [-0.2, -0.15) is 5.01 Å². The molecule has 0 saturated heterocycles. The van der Waals surface area contributed by atoms with Gasteiger partial charge in [-0.3, -0.25) is 15.0 Å². The smallest absolute Gasteiger partial charge is 0.275 e. The molecule has 0 aliphatic carbocycles. The van der Waals surface area contributed by atoms with Gasteiger partial charge in [0, 0.05) is 18.2 Å². The van der Waals surface area contributed by atoms with Crippen molar-refractivity contribution in [3.8, 4) is 10.7 Å². The first-order valence-corrected chi connectivity index (χ1v) is 9.20. The lowest BCUT2D eigenvalue weighted by Crippen LogP contribution is -2.36. The van der Waals surface area contributed by atoms with Crippen LogP contribution >= 0.6 is 22.7 Å². The minimum atomic E-state index is -0.420. The Morgan fingerprint density at radius 1 is 1.28 bits per heavy atom. The largest absolute Gasteiger partial charge is 0.326 e. The van der Waals surface area contributed by atoms with Gasteiger partial charge in [0.1, 0.15) is 4.83 Å². The molecule has 4 rings (SSSR count). The number of carbonyl (C=O) groups excluding carboxylic acids is 2. The van der Waals surface area contributed by atoms with E-state index in [2.05, 4.69) is 15.4 Å². The molecule has 3 N–H and O–H groups in total. The molecule has 1 aliphatic heterocycles. The number of hydrogen-bond donors (Lipinski definition) is 2. The molecule has 25 heavy (non-hydrogen) atoms. The minimum absolute atomic E-state index is 0.315. The fourth-order valence-corrected chi connectivity index (χ4v) is 4.16. The van der Waals surface area contributed by atoms with Crippen LogP contribution in [0.4, 0.5) is 5.82 Å². The predicted octanol–water partition coefficient (Wildman–Crippen LogP) is 2.52. The highest BCUT2D eigenvalue weighted by atomic mass is 32.1. The summed E-state index contributed by atoms with van der Waals surface area (Å²) in [5, 5.41) is 5.56. The van der Waals surface area contributed by atoms with Crippen molar-refractivity contribution < 1.29 is 9.59 Å². The number of nitrogens with one attached hydrogen (secondary N) is 1. The van der Waals surface area contributed by atoms with E-state index in [4.69, 9.17) is 5.73 Å². The van der Waals surface area contributed by atoms with Gasteiger partial charge in [0.25, 0.3) is 11.8 Å². The molecule has 9 heteroatoms. The maximum absolute atomic E-state index is 12.2. The minimum Gasteiger partial charge on any atom is -0.326 e. The van der Waals surface area contributed by atoms with Gasteiger partial charge in [0.2, 0.25) is 0 Å². The van der Waals surface area contributed by atoms with Gasteiger partial charge in [-0.15, -0.1) is 22.7 Å². The molecule has 0 bridgehead atoms. The van der Waals surface area contributed by atoms with Crippen molar-refractivity contribution in [2.24, 2.45) is 5.73 Å². The second-order valence-electron chi connectivity index (χ2n) is 5.44. The van der Waals surface area contributed by atoms with Crippen LogP contribution < -0.4 is 11.2 Å². The highest BCUT2D eigenvalue weighted by Gasteiger charge is 2.30. The Hall–Kier alpha value is -2.62. The summed E-state index contributed by atoms with van der Waals surface area (Å²) in [6, 6.07) is 3.84. The summed E-state index contributed by atoms with van der Waals surface area (Å²) < 4.78 is 0.